The van der Waals surface area contributed by atoms with Crippen molar-refractivity contribution in [3.8, 4) is 0 Å². The third-order valence-electron chi connectivity index (χ3n) is 7.91. The van der Waals surface area contributed by atoms with Crippen molar-refractivity contribution in [2.24, 2.45) is 5.92 Å². The summed E-state index contributed by atoms with van der Waals surface area (Å²) in [6.07, 6.45) is 3.81. The normalized spacial score (nSPS) is 20.9. The fourth-order valence-corrected chi connectivity index (χ4v) is 5.64. The molecule has 0 bridgehead atoms. The Morgan fingerprint density at radius 3 is 2.52 bits per heavy atom. The molecule has 9 heteroatoms. The molecule has 3 aromatic carbocycles. The molecule has 9 nitrogen and oxygen atoms in total. The van der Waals surface area contributed by atoms with Gasteiger partial charge in [0.05, 0.1) is 29.8 Å². The number of hydrogen-bond acceptors (Lipinski definition) is 6. The summed E-state index contributed by atoms with van der Waals surface area (Å²) in [5, 5.41) is 33.3. The molecule has 3 atom stereocenters. The minimum absolute atomic E-state index is 0.0167. The minimum atomic E-state index is -2.05. The van der Waals surface area contributed by atoms with Crippen LogP contribution in [0.2, 0.25) is 0 Å². The molecule has 0 unspecified atom stereocenters. The van der Waals surface area contributed by atoms with Gasteiger partial charge < -0.3 is 20.0 Å². The molecular formula is C31H31N3O6. The van der Waals surface area contributed by atoms with Crippen LogP contribution in [0.3, 0.4) is 0 Å². The highest BCUT2D eigenvalue weighted by Gasteiger charge is 2.53. The second kappa shape index (κ2) is 11.0. The number of aliphatic hydroxyl groups excluding tert-OH is 1. The lowest BCUT2D eigenvalue weighted by Crippen LogP contribution is -2.46. The highest BCUT2D eigenvalue weighted by molar-refractivity contribution is 6.07. The van der Waals surface area contributed by atoms with E-state index in [9.17, 15) is 29.9 Å². The van der Waals surface area contributed by atoms with Gasteiger partial charge in [0.25, 0.3) is 11.6 Å². The molecule has 206 valence electrons. The third kappa shape index (κ3) is 4.89. The molecule has 2 aliphatic rings. The van der Waals surface area contributed by atoms with Crippen LogP contribution >= 0.6 is 0 Å². The van der Waals surface area contributed by atoms with Gasteiger partial charge in [-0.3, -0.25) is 19.7 Å². The first kappa shape index (κ1) is 27.2. The predicted octanol–water partition coefficient (Wildman–Crippen LogP) is 3.86. The fourth-order valence-electron chi connectivity index (χ4n) is 5.64. The van der Waals surface area contributed by atoms with E-state index in [2.05, 4.69) is 0 Å². The van der Waals surface area contributed by atoms with Crippen molar-refractivity contribution in [1.82, 2.24) is 4.90 Å². The van der Waals surface area contributed by atoms with E-state index in [1.165, 1.54) is 23.1 Å². The van der Waals surface area contributed by atoms with E-state index in [1.807, 2.05) is 54.6 Å². The van der Waals surface area contributed by atoms with Crippen molar-refractivity contribution in [1.29, 1.82) is 0 Å². The average molecular weight is 542 g/mol. The lowest BCUT2D eigenvalue weighted by atomic mass is 9.82. The topological polar surface area (TPSA) is 124 Å². The number of benzene rings is 3. The Morgan fingerprint density at radius 2 is 1.82 bits per heavy atom. The zero-order chi connectivity index (χ0) is 28.4. The zero-order valence-corrected chi connectivity index (χ0v) is 22.1. The van der Waals surface area contributed by atoms with Crippen LogP contribution in [-0.2, 0) is 34.7 Å². The number of nitrogens with zero attached hydrogens (tertiary/aromatic N) is 3. The maximum atomic E-state index is 13.7. The van der Waals surface area contributed by atoms with Gasteiger partial charge in [0.2, 0.25) is 5.91 Å². The number of hydrogen-bond donors (Lipinski definition) is 2. The number of non-ortho nitro benzene ring substituents is 1. The van der Waals surface area contributed by atoms with E-state index in [-0.39, 0.29) is 42.8 Å². The largest absolute Gasteiger partial charge is 0.394 e. The van der Waals surface area contributed by atoms with E-state index >= 15 is 0 Å². The molecule has 0 radical (unpaired) electrons. The zero-order valence-electron chi connectivity index (χ0n) is 22.1. The van der Waals surface area contributed by atoms with Crippen molar-refractivity contribution in [3.63, 3.8) is 0 Å². The minimum Gasteiger partial charge on any atom is -0.394 e. The first-order valence-electron chi connectivity index (χ1n) is 13.2. The first-order valence-corrected chi connectivity index (χ1v) is 13.2. The van der Waals surface area contributed by atoms with Crippen LogP contribution in [0.25, 0.3) is 0 Å². The molecule has 2 heterocycles. The van der Waals surface area contributed by atoms with Crippen LogP contribution in [0.5, 0.6) is 0 Å². The molecule has 0 spiro atoms. The maximum Gasteiger partial charge on any atom is 0.269 e. The number of nitro benzene ring substituents is 1. The monoisotopic (exact) mass is 541 g/mol. The van der Waals surface area contributed by atoms with Gasteiger partial charge in [0.15, 0.2) is 5.60 Å². The van der Waals surface area contributed by atoms with E-state index < -0.39 is 22.3 Å². The van der Waals surface area contributed by atoms with Crippen LogP contribution in [0.4, 0.5) is 11.4 Å². The summed E-state index contributed by atoms with van der Waals surface area (Å²) in [4.78, 5) is 40.9. The van der Waals surface area contributed by atoms with Gasteiger partial charge in [0.1, 0.15) is 0 Å². The fraction of sp³-hybridized carbons (Fsp3) is 0.290. The highest BCUT2D eigenvalue weighted by atomic mass is 16.6. The van der Waals surface area contributed by atoms with Gasteiger partial charge in [0, 0.05) is 36.6 Å². The molecular weight excluding hydrogens is 510 g/mol. The molecule has 3 aromatic rings. The van der Waals surface area contributed by atoms with Crippen LogP contribution in [-0.4, -0.2) is 44.5 Å². The Bertz CT molecular complexity index is 1470. The standard InChI is InChI=1S/C31H31N3O6/c1-21(8-7-13-29(36)32-19-24-12-6-5-11-23(24)16-26(32)20-35)31(38)27-17-25(34(39)40)14-15-28(27)33(30(31)37)18-22-9-3-2-4-10-22/h2-12,14-15,17,21,26,35,38H,13,16,18-20H2,1H3/b8-7+/t21-,26+,31+/m1/s1. The predicted molar refractivity (Wildman–Crippen MR) is 149 cm³/mol. The molecule has 0 aliphatic carbocycles. The van der Waals surface area contributed by atoms with Crippen molar-refractivity contribution < 1.29 is 24.7 Å². The number of carbonyl (C=O) groups is 2. The van der Waals surface area contributed by atoms with Crippen molar-refractivity contribution in [2.75, 3.05) is 11.5 Å². The summed E-state index contributed by atoms with van der Waals surface area (Å²) in [7, 11) is 0. The van der Waals surface area contributed by atoms with Gasteiger partial charge in [-0.2, -0.15) is 0 Å². The summed E-state index contributed by atoms with van der Waals surface area (Å²) < 4.78 is 0. The highest BCUT2D eigenvalue weighted by Crippen LogP contribution is 2.47. The Balaban J connectivity index is 1.38. The average Bonchev–Trinajstić information content (AvgIpc) is 3.18. The summed E-state index contributed by atoms with van der Waals surface area (Å²) in [5.41, 5.74) is 1.31. The Hall–Kier alpha value is -4.34. The van der Waals surface area contributed by atoms with E-state index in [0.717, 1.165) is 16.7 Å². The summed E-state index contributed by atoms with van der Waals surface area (Å²) in [6, 6.07) is 20.9. The third-order valence-corrected chi connectivity index (χ3v) is 7.91. The lowest BCUT2D eigenvalue weighted by Gasteiger charge is -2.36. The number of aliphatic hydroxyl groups is 2. The Kier molecular flexibility index (Phi) is 7.51. The van der Waals surface area contributed by atoms with Crippen molar-refractivity contribution in [3.05, 3.63) is 117 Å². The molecule has 2 N–H and O–H groups in total. The Morgan fingerprint density at radius 1 is 1.12 bits per heavy atom. The van der Waals surface area contributed by atoms with Crippen LogP contribution in [0.1, 0.15) is 35.6 Å². The number of rotatable bonds is 8. The number of anilines is 1. The molecule has 0 fully saturated rings. The van der Waals surface area contributed by atoms with Crippen LogP contribution in [0.15, 0.2) is 84.9 Å². The number of carbonyl (C=O) groups excluding carboxylic acids is 2. The van der Waals surface area contributed by atoms with E-state index in [0.29, 0.717) is 18.7 Å². The molecule has 0 saturated carbocycles. The van der Waals surface area contributed by atoms with Gasteiger partial charge in [-0.25, -0.2) is 0 Å². The number of amides is 2. The first-order chi connectivity index (χ1) is 19.2. The quantitative estimate of drug-likeness (QED) is 0.254. The van der Waals surface area contributed by atoms with Gasteiger partial charge in [-0.05, 0) is 29.2 Å². The Labute approximate surface area is 232 Å². The molecule has 2 aliphatic heterocycles. The smallest absolute Gasteiger partial charge is 0.269 e. The van der Waals surface area contributed by atoms with Gasteiger partial charge >= 0.3 is 0 Å². The maximum absolute atomic E-state index is 13.7. The van der Waals surface area contributed by atoms with Gasteiger partial charge in [-0.15, -0.1) is 0 Å². The summed E-state index contributed by atoms with van der Waals surface area (Å²) in [6.45, 7) is 2.10. The number of fused-ring (bicyclic) bond motifs is 2. The molecule has 5 rings (SSSR count). The van der Waals surface area contributed by atoms with Crippen molar-refractivity contribution >= 4 is 23.2 Å². The second-order valence-corrected chi connectivity index (χ2v) is 10.4. The lowest BCUT2D eigenvalue weighted by molar-refractivity contribution is -0.385. The van der Waals surface area contributed by atoms with Gasteiger partial charge in [-0.1, -0.05) is 73.7 Å². The van der Waals surface area contributed by atoms with Crippen LogP contribution < -0.4 is 4.90 Å². The molecule has 0 aromatic heterocycles. The second-order valence-electron chi connectivity index (χ2n) is 10.4. The van der Waals surface area contributed by atoms with E-state index in [4.69, 9.17) is 0 Å². The molecule has 2 amide bonds. The molecule has 40 heavy (non-hydrogen) atoms. The van der Waals surface area contributed by atoms with Crippen LogP contribution in [0, 0.1) is 16.0 Å². The SMILES string of the molecule is C[C@H](/C=C/CC(=O)N1Cc2ccccc2C[C@H]1CO)[C@@]1(O)C(=O)N(Cc2ccccc2)c2ccc([N+](=O)[O-])cc21. The number of nitro groups is 1. The molecule has 0 saturated heterocycles. The van der Waals surface area contributed by atoms with E-state index in [1.54, 1.807) is 24.0 Å². The summed E-state index contributed by atoms with van der Waals surface area (Å²) in [5.74, 6) is -1.54. The summed E-state index contributed by atoms with van der Waals surface area (Å²) >= 11 is 0. The van der Waals surface area contributed by atoms with Crippen molar-refractivity contribution in [2.45, 2.75) is 44.5 Å².